The maximum atomic E-state index is 13.4. The van der Waals surface area contributed by atoms with Gasteiger partial charge in [-0.3, -0.25) is 0 Å². The number of benzene rings is 1. The van der Waals surface area contributed by atoms with E-state index in [0.29, 0.717) is 6.54 Å². The average Bonchev–Trinajstić information content (AvgIpc) is 3.22. The van der Waals surface area contributed by atoms with Crippen LogP contribution < -0.4 is 16.0 Å². The third-order valence-corrected chi connectivity index (χ3v) is 5.53. The van der Waals surface area contributed by atoms with Crippen molar-refractivity contribution >= 4 is 23.4 Å². The Bertz CT molecular complexity index is 858. The summed E-state index contributed by atoms with van der Waals surface area (Å²) < 4.78 is 13.4. The summed E-state index contributed by atoms with van der Waals surface area (Å²) in [5.74, 6) is 0.541. The summed E-state index contributed by atoms with van der Waals surface area (Å²) in [6.45, 7) is 3.66. The van der Waals surface area contributed by atoms with Crippen LogP contribution in [-0.2, 0) is 0 Å². The van der Waals surface area contributed by atoms with Crippen molar-refractivity contribution in [1.29, 1.82) is 0 Å². The number of nitrogens with zero attached hydrogens (tertiary/aromatic N) is 3. The molecule has 3 aliphatic rings. The first kappa shape index (κ1) is 18.9. The molecule has 0 spiro atoms. The van der Waals surface area contributed by atoms with Gasteiger partial charge in [0.05, 0.1) is 23.6 Å². The number of aliphatic imine (C=N–C) groups is 1. The minimum absolute atomic E-state index is 0.112. The van der Waals surface area contributed by atoms with Crippen LogP contribution in [0.15, 0.2) is 58.3 Å². The van der Waals surface area contributed by atoms with Gasteiger partial charge in [-0.1, -0.05) is 11.8 Å². The van der Waals surface area contributed by atoms with E-state index in [9.17, 15) is 4.39 Å². The van der Waals surface area contributed by atoms with E-state index in [4.69, 9.17) is 0 Å². The number of halogens is 1. The number of hydrogen-bond donors (Lipinski definition) is 3. The monoisotopic (exact) mass is 400 g/mol. The van der Waals surface area contributed by atoms with E-state index in [-0.39, 0.29) is 17.4 Å². The molecule has 28 heavy (non-hydrogen) atoms. The Morgan fingerprint density at radius 2 is 2.14 bits per heavy atom. The molecule has 4 rings (SSSR count). The molecule has 3 heterocycles. The summed E-state index contributed by atoms with van der Waals surface area (Å²) in [5, 5.41) is 12.5. The van der Waals surface area contributed by atoms with E-state index in [1.165, 1.54) is 12.1 Å². The summed E-state index contributed by atoms with van der Waals surface area (Å²) in [6, 6.07) is 6.87. The lowest BCUT2D eigenvalue weighted by atomic mass is 10.1. The fourth-order valence-electron chi connectivity index (χ4n) is 3.56. The van der Waals surface area contributed by atoms with Crippen molar-refractivity contribution < 1.29 is 4.39 Å². The van der Waals surface area contributed by atoms with Crippen molar-refractivity contribution in [2.45, 2.75) is 18.5 Å². The van der Waals surface area contributed by atoms with Crippen LogP contribution in [-0.4, -0.2) is 54.5 Å². The van der Waals surface area contributed by atoms with E-state index >= 15 is 0 Å². The van der Waals surface area contributed by atoms with Gasteiger partial charge in [0.1, 0.15) is 5.82 Å². The number of thioether (sulfide) groups is 1. The molecular weight excluding hydrogens is 375 g/mol. The lowest BCUT2D eigenvalue weighted by Crippen LogP contribution is -2.47. The van der Waals surface area contributed by atoms with Gasteiger partial charge in [-0.25, -0.2) is 9.38 Å². The van der Waals surface area contributed by atoms with Gasteiger partial charge in [-0.05, 0) is 56.8 Å². The van der Waals surface area contributed by atoms with Crippen molar-refractivity contribution in [3.63, 3.8) is 0 Å². The van der Waals surface area contributed by atoms with Crippen LogP contribution in [0.5, 0.6) is 0 Å². The quantitative estimate of drug-likeness (QED) is 0.705. The van der Waals surface area contributed by atoms with Crippen LogP contribution in [0.25, 0.3) is 5.70 Å². The number of fused-ring (bicyclic) bond motifs is 1. The molecule has 3 N–H and O–H groups in total. The minimum Gasteiger partial charge on any atom is -0.354 e. The van der Waals surface area contributed by atoms with Crippen LogP contribution in [0.3, 0.4) is 0 Å². The molecule has 0 radical (unpaired) electrons. The second kappa shape index (κ2) is 7.89. The standard InChI is InChI=1S/C20H25FN6S/c1-13(12-26(2)3)23-19-22-9-8-16(24-19)18-17(14-4-6-15(21)7-5-14)25-20-27(18)10-11-28-20/h4-8,10-11,13,20,25H,9,12H2,1-3H3,(H2,22,23,24). The highest BCUT2D eigenvalue weighted by molar-refractivity contribution is 8.02. The van der Waals surface area contributed by atoms with Gasteiger partial charge in [-0.15, -0.1) is 0 Å². The van der Waals surface area contributed by atoms with Crippen molar-refractivity contribution in [3.05, 3.63) is 64.7 Å². The fourth-order valence-corrected chi connectivity index (χ4v) is 4.40. The zero-order valence-electron chi connectivity index (χ0n) is 16.2. The van der Waals surface area contributed by atoms with Crippen LogP contribution in [0.2, 0.25) is 0 Å². The minimum atomic E-state index is -0.234. The molecule has 2 unspecified atom stereocenters. The Morgan fingerprint density at radius 1 is 1.36 bits per heavy atom. The highest BCUT2D eigenvalue weighted by Crippen LogP contribution is 2.39. The van der Waals surface area contributed by atoms with Crippen molar-refractivity contribution in [2.24, 2.45) is 4.99 Å². The topological polar surface area (TPSA) is 54.9 Å². The Hall–Kier alpha value is -2.45. The number of nitrogens with one attached hydrogen (secondary N) is 3. The molecule has 0 fully saturated rings. The van der Waals surface area contributed by atoms with Gasteiger partial charge >= 0.3 is 0 Å². The normalized spacial score (nSPS) is 21.9. The summed E-state index contributed by atoms with van der Waals surface area (Å²) in [7, 11) is 4.11. The van der Waals surface area contributed by atoms with E-state index in [0.717, 1.165) is 35.2 Å². The molecule has 0 saturated heterocycles. The second-order valence-electron chi connectivity index (χ2n) is 7.30. The van der Waals surface area contributed by atoms with Crippen LogP contribution in [0.1, 0.15) is 12.5 Å². The maximum absolute atomic E-state index is 13.4. The Balaban J connectivity index is 1.59. The SMILES string of the molecule is CC(CN(C)C)NC1=NCC=C(C2=C(c3ccc(F)cc3)NC3SC=CN23)N1. The molecule has 0 saturated carbocycles. The molecule has 6 nitrogen and oxygen atoms in total. The largest absolute Gasteiger partial charge is 0.354 e. The Morgan fingerprint density at radius 3 is 2.89 bits per heavy atom. The molecular formula is C20H25FN6S. The number of guanidine groups is 1. The van der Waals surface area contributed by atoms with Gasteiger partial charge in [0, 0.05) is 24.4 Å². The third-order valence-electron chi connectivity index (χ3n) is 4.65. The van der Waals surface area contributed by atoms with Gasteiger partial charge in [0.15, 0.2) is 11.5 Å². The smallest absolute Gasteiger partial charge is 0.196 e. The van der Waals surface area contributed by atoms with Crippen LogP contribution in [0, 0.1) is 5.82 Å². The number of rotatable bonds is 5. The summed E-state index contributed by atoms with van der Waals surface area (Å²) in [6.07, 6.45) is 4.16. The van der Waals surface area contributed by atoms with E-state index in [1.807, 2.05) is 12.1 Å². The molecule has 8 heteroatoms. The van der Waals surface area contributed by atoms with Gasteiger partial charge in [0.2, 0.25) is 0 Å². The van der Waals surface area contributed by atoms with Crippen molar-refractivity contribution in [1.82, 2.24) is 25.8 Å². The molecule has 1 aromatic rings. The lowest BCUT2D eigenvalue weighted by molar-refractivity contribution is 0.368. The highest BCUT2D eigenvalue weighted by atomic mass is 32.2. The van der Waals surface area contributed by atoms with Crippen molar-refractivity contribution in [2.75, 3.05) is 27.2 Å². The number of hydrogen-bond acceptors (Lipinski definition) is 7. The summed E-state index contributed by atoms with van der Waals surface area (Å²) >= 11 is 1.71. The zero-order chi connectivity index (χ0) is 19.7. The zero-order valence-corrected chi connectivity index (χ0v) is 17.1. The van der Waals surface area contributed by atoms with E-state index in [1.54, 1.807) is 11.8 Å². The molecule has 0 aromatic heterocycles. The Kier molecular flexibility index (Phi) is 5.32. The van der Waals surface area contributed by atoms with Gasteiger partial charge < -0.3 is 25.8 Å². The van der Waals surface area contributed by atoms with Crippen molar-refractivity contribution in [3.8, 4) is 0 Å². The average molecular weight is 401 g/mol. The maximum Gasteiger partial charge on any atom is 0.196 e. The summed E-state index contributed by atoms with van der Waals surface area (Å²) in [4.78, 5) is 8.90. The second-order valence-corrected chi connectivity index (χ2v) is 8.29. The molecule has 2 atom stereocenters. The molecule has 3 aliphatic heterocycles. The van der Waals surface area contributed by atoms with Crippen LogP contribution >= 0.6 is 11.8 Å². The molecule has 0 aliphatic carbocycles. The fraction of sp³-hybridized carbons (Fsp3) is 0.350. The van der Waals surface area contributed by atoms with E-state index in [2.05, 4.69) is 69.4 Å². The van der Waals surface area contributed by atoms with Gasteiger partial charge in [0.25, 0.3) is 0 Å². The third kappa shape index (κ3) is 3.88. The van der Waals surface area contributed by atoms with Gasteiger partial charge in [-0.2, -0.15) is 0 Å². The molecule has 0 bridgehead atoms. The first-order chi connectivity index (χ1) is 13.5. The van der Waals surface area contributed by atoms with Crippen LogP contribution in [0.4, 0.5) is 4.39 Å². The molecule has 148 valence electrons. The predicted octanol–water partition coefficient (Wildman–Crippen LogP) is 2.28. The summed E-state index contributed by atoms with van der Waals surface area (Å²) in [5.41, 5.74) is 4.10. The highest BCUT2D eigenvalue weighted by Gasteiger charge is 2.35. The number of likely N-dealkylation sites (N-methyl/N-ethyl adjacent to an activating group) is 1. The first-order valence-electron chi connectivity index (χ1n) is 9.32. The lowest BCUT2D eigenvalue weighted by Gasteiger charge is -2.26. The Labute approximate surface area is 169 Å². The molecule has 1 aromatic carbocycles. The first-order valence-corrected chi connectivity index (χ1v) is 10.3. The molecule has 0 amide bonds. The van der Waals surface area contributed by atoms with E-state index < -0.39 is 0 Å². The predicted molar refractivity (Wildman–Crippen MR) is 113 cm³/mol.